The Labute approximate surface area is 147 Å². The number of rotatable bonds is 6. The summed E-state index contributed by atoms with van der Waals surface area (Å²) in [5.74, 6) is 0.133. The van der Waals surface area contributed by atoms with Gasteiger partial charge in [0.05, 0.1) is 7.11 Å². The third kappa shape index (κ3) is 4.29. The SMILES string of the molecule is COc1ccccc1CNC(=O)C(C)(C)C(=O)N1CCN(C=O)CC1. The number of para-hydroxylation sites is 1. The molecule has 25 heavy (non-hydrogen) atoms. The van der Waals surface area contributed by atoms with Crippen LogP contribution in [0.5, 0.6) is 5.75 Å². The summed E-state index contributed by atoms with van der Waals surface area (Å²) >= 11 is 0. The maximum absolute atomic E-state index is 12.7. The highest BCUT2D eigenvalue weighted by Crippen LogP contribution is 2.22. The van der Waals surface area contributed by atoms with Crippen LogP contribution in [0.2, 0.25) is 0 Å². The Hall–Kier alpha value is -2.57. The van der Waals surface area contributed by atoms with Gasteiger partial charge in [0, 0.05) is 38.3 Å². The molecule has 0 spiro atoms. The van der Waals surface area contributed by atoms with Crippen molar-refractivity contribution < 1.29 is 19.1 Å². The van der Waals surface area contributed by atoms with E-state index in [1.54, 1.807) is 30.8 Å². The minimum Gasteiger partial charge on any atom is -0.496 e. The van der Waals surface area contributed by atoms with E-state index >= 15 is 0 Å². The number of carbonyl (C=O) groups is 3. The lowest BCUT2D eigenvalue weighted by Gasteiger charge is -2.36. The fourth-order valence-electron chi connectivity index (χ4n) is 2.77. The summed E-state index contributed by atoms with van der Waals surface area (Å²) in [5, 5.41) is 2.82. The van der Waals surface area contributed by atoms with E-state index in [1.165, 1.54) is 0 Å². The molecule has 1 heterocycles. The molecule has 2 rings (SSSR count). The summed E-state index contributed by atoms with van der Waals surface area (Å²) in [6.07, 6.45) is 0.785. The molecule has 1 aromatic carbocycles. The summed E-state index contributed by atoms with van der Waals surface area (Å²) in [5.41, 5.74) is -0.327. The van der Waals surface area contributed by atoms with Gasteiger partial charge in [0.15, 0.2) is 0 Å². The Balaban J connectivity index is 1.97. The van der Waals surface area contributed by atoms with Crippen LogP contribution in [0.4, 0.5) is 0 Å². The molecular formula is C18H25N3O4. The highest BCUT2D eigenvalue weighted by atomic mass is 16.5. The van der Waals surface area contributed by atoms with Gasteiger partial charge in [-0.2, -0.15) is 0 Å². The number of amides is 3. The second-order valence-electron chi connectivity index (χ2n) is 6.55. The number of methoxy groups -OCH3 is 1. The Bertz CT molecular complexity index is 637. The van der Waals surface area contributed by atoms with Crippen LogP contribution in [0.25, 0.3) is 0 Å². The van der Waals surface area contributed by atoms with Gasteiger partial charge in [0.25, 0.3) is 0 Å². The van der Waals surface area contributed by atoms with Crippen molar-refractivity contribution >= 4 is 18.2 Å². The average Bonchev–Trinajstić information content (AvgIpc) is 2.65. The van der Waals surface area contributed by atoms with Gasteiger partial charge < -0.3 is 19.9 Å². The highest BCUT2D eigenvalue weighted by molar-refractivity contribution is 6.04. The summed E-state index contributed by atoms with van der Waals surface area (Å²) in [6, 6.07) is 7.42. The zero-order valence-electron chi connectivity index (χ0n) is 14.9. The van der Waals surface area contributed by atoms with Gasteiger partial charge in [0.1, 0.15) is 11.2 Å². The number of benzene rings is 1. The molecule has 1 fully saturated rings. The maximum Gasteiger partial charge on any atom is 0.237 e. The van der Waals surface area contributed by atoms with Gasteiger partial charge in [-0.25, -0.2) is 0 Å². The van der Waals surface area contributed by atoms with E-state index < -0.39 is 5.41 Å². The van der Waals surface area contributed by atoms with E-state index in [2.05, 4.69) is 5.32 Å². The Morgan fingerprint density at radius 2 is 1.84 bits per heavy atom. The number of piperazine rings is 1. The quantitative estimate of drug-likeness (QED) is 0.605. The molecule has 1 aliphatic heterocycles. The molecule has 0 radical (unpaired) electrons. The Kier molecular flexibility index (Phi) is 6.01. The van der Waals surface area contributed by atoms with Crippen molar-refractivity contribution in [3.05, 3.63) is 29.8 Å². The molecule has 0 unspecified atom stereocenters. The lowest BCUT2D eigenvalue weighted by molar-refractivity contribution is -0.150. The van der Waals surface area contributed by atoms with Crippen LogP contribution in [0, 0.1) is 5.41 Å². The zero-order valence-corrected chi connectivity index (χ0v) is 14.9. The van der Waals surface area contributed by atoms with Crippen LogP contribution >= 0.6 is 0 Å². The maximum atomic E-state index is 12.7. The first kappa shape index (κ1) is 18.8. The first-order valence-corrected chi connectivity index (χ1v) is 8.29. The zero-order chi connectivity index (χ0) is 18.4. The Morgan fingerprint density at radius 1 is 1.20 bits per heavy atom. The van der Waals surface area contributed by atoms with Crippen molar-refractivity contribution in [1.82, 2.24) is 15.1 Å². The van der Waals surface area contributed by atoms with E-state index in [0.29, 0.717) is 38.5 Å². The fourth-order valence-corrected chi connectivity index (χ4v) is 2.77. The standard InChI is InChI=1S/C18H25N3O4/c1-18(2,17(24)21-10-8-20(13-22)9-11-21)16(23)19-12-14-6-4-5-7-15(14)25-3/h4-7,13H,8-12H2,1-3H3,(H,19,23). The summed E-state index contributed by atoms with van der Waals surface area (Å²) in [4.78, 5) is 39.3. The minimum atomic E-state index is -1.18. The number of hydrogen-bond donors (Lipinski definition) is 1. The lowest BCUT2D eigenvalue weighted by Crippen LogP contribution is -2.55. The van der Waals surface area contributed by atoms with Gasteiger partial charge in [-0.3, -0.25) is 14.4 Å². The molecule has 1 aromatic rings. The number of nitrogens with one attached hydrogen (secondary N) is 1. The van der Waals surface area contributed by atoms with Crippen LogP contribution in [0.1, 0.15) is 19.4 Å². The fraction of sp³-hybridized carbons (Fsp3) is 0.500. The molecule has 1 aliphatic rings. The molecule has 0 aromatic heterocycles. The van der Waals surface area contributed by atoms with Crippen molar-refractivity contribution in [1.29, 1.82) is 0 Å². The second-order valence-corrected chi connectivity index (χ2v) is 6.55. The minimum absolute atomic E-state index is 0.226. The number of carbonyl (C=O) groups excluding carboxylic acids is 3. The van der Waals surface area contributed by atoms with Crippen molar-refractivity contribution in [2.24, 2.45) is 5.41 Å². The van der Waals surface area contributed by atoms with Gasteiger partial charge in [0.2, 0.25) is 18.2 Å². The lowest BCUT2D eigenvalue weighted by atomic mass is 9.90. The van der Waals surface area contributed by atoms with E-state index in [4.69, 9.17) is 4.74 Å². The van der Waals surface area contributed by atoms with E-state index in [9.17, 15) is 14.4 Å². The normalized spacial score (nSPS) is 14.8. The second kappa shape index (κ2) is 8.00. The molecule has 3 amide bonds. The predicted molar refractivity (Wildman–Crippen MR) is 92.8 cm³/mol. The number of ether oxygens (including phenoxy) is 1. The van der Waals surface area contributed by atoms with Gasteiger partial charge in [-0.1, -0.05) is 18.2 Å². The molecule has 7 heteroatoms. The molecule has 0 saturated carbocycles. The number of hydrogen-bond acceptors (Lipinski definition) is 4. The van der Waals surface area contributed by atoms with E-state index in [-0.39, 0.29) is 11.8 Å². The third-order valence-electron chi connectivity index (χ3n) is 4.48. The third-order valence-corrected chi connectivity index (χ3v) is 4.48. The molecule has 0 bridgehead atoms. The first-order valence-electron chi connectivity index (χ1n) is 8.29. The molecular weight excluding hydrogens is 322 g/mol. The first-order chi connectivity index (χ1) is 11.9. The summed E-state index contributed by atoms with van der Waals surface area (Å²) in [6.45, 7) is 5.42. The molecule has 136 valence electrons. The van der Waals surface area contributed by atoms with Gasteiger partial charge >= 0.3 is 0 Å². The van der Waals surface area contributed by atoms with Crippen LogP contribution in [-0.2, 0) is 20.9 Å². The molecule has 0 aliphatic carbocycles. The van der Waals surface area contributed by atoms with Crippen LogP contribution in [0.15, 0.2) is 24.3 Å². The van der Waals surface area contributed by atoms with Crippen molar-refractivity contribution in [2.75, 3.05) is 33.3 Å². The summed E-state index contributed by atoms with van der Waals surface area (Å²) in [7, 11) is 1.58. The average molecular weight is 347 g/mol. The highest BCUT2D eigenvalue weighted by Gasteiger charge is 2.39. The van der Waals surface area contributed by atoms with Gasteiger partial charge in [-0.15, -0.1) is 0 Å². The number of nitrogens with zero attached hydrogens (tertiary/aromatic N) is 2. The monoisotopic (exact) mass is 347 g/mol. The van der Waals surface area contributed by atoms with E-state index in [1.807, 2.05) is 24.3 Å². The predicted octanol–water partition coefficient (Wildman–Crippen LogP) is 0.638. The topological polar surface area (TPSA) is 79.0 Å². The van der Waals surface area contributed by atoms with E-state index in [0.717, 1.165) is 12.0 Å². The molecule has 7 nitrogen and oxygen atoms in total. The van der Waals surface area contributed by atoms with Crippen molar-refractivity contribution in [3.8, 4) is 5.75 Å². The van der Waals surface area contributed by atoms with Crippen LogP contribution in [0.3, 0.4) is 0 Å². The molecule has 1 N–H and O–H groups in total. The molecule has 1 saturated heterocycles. The largest absolute Gasteiger partial charge is 0.496 e. The molecule has 0 atom stereocenters. The smallest absolute Gasteiger partial charge is 0.237 e. The van der Waals surface area contributed by atoms with Crippen LogP contribution < -0.4 is 10.1 Å². The van der Waals surface area contributed by atoms with Crippen molar-refractivity contribution in [3.63, 3.8) is 0 Å². The van der Waals surface area contributed by atoms with Crippen molar-refractivity contribution in [2.45, 2.75) is 20.4 Å². The van der Waals surface area contributed by atoms with Gasteiger partial charge in [-0.05, 0) is 19.9 Å². The Morgan fingerprint density at radius 3 is 2.44 bits per heavy atom. The summed E-state index contributed by atoms with van der Waals surface area (Å²) < 4.78 is 5.27. The van der Waals surface area contributed by atoms with Crippen LogP contribution in [-0.4, -0.2) is 61.3 Å².